The second-order valence-corrected chi connectivity index (χ2v) is 7.88. The van der Waals surface area contributed by atoms with Crippen LogP contribution in [-0.4, -0.2) is 26.5 Å². The number of likely N-dealkylation sites (N-methyl/N-ethyl adjacent to an activating group) is 1. The summed E-state index contributed by atoms with van der Waals surface area (Å²) in [6, 6.07) is 0. The minimum absolute atomic E-state index is 0.820. The summed E-state index contributed by atoms with van der Waals surface area (Å²) in [5, 5.41) is 1.96. The molecule has 0 bridgehead atoms. The molecule has 0 aliphatic heterocycles. The van der Waals surface area contributed by atoms with Crippen molar-refractivity contribution in [2.24, 2.45) is 0 Å². The number of hydroxylamine groups is 2. The molecule has 0 unspecified atom stereocenters. The van der Waals surface area contributed by atoms with Gasteiger partial charge in [0.05, 0.1) is 0 Å². The first kappa shape index (κ1) is 10.9. The van der Waals surface area contributed by atoms with E-state index >= 15 is 0 Å². The van der Waals surface area contributed by atoms with Crippen molar-refractivity contribution >= 4 is 8.32 Å². The second-order valence-electron chi connectivity index (χ2n) is 3.47. The summed E-state index contributed by atoms with van der Waals surface area (Å²) in [6.45, 7) is 14.0. The molecule has 0 N–H and O–H groups in total. The van der Waals surface area contributed by atoms with E-state index in [9.17, 15) is 0 Å². The Kier molecular flexibility index (Phi) is 4.64. The average Bonchev–Trinajstić information content (AvgIpc) is 1.84. The molecule has 0 aliphatic carbocycles. The number of hydrogen-bond acceptors (Lipinski definition) is 2. The maximum atomic E-state index is 5.73. The molecule has 0 aromatic rings. The Morgan fingerprint density at radius 3 is 2.27 bits per heavy atom. The fraction of sp³-hybridized carbons (Fsp3) is 0.750. The zero-order chi connectivity index (χ0) is 8.91. The minimum atomic E-state index is -1.40. The minimum Gasteiger partial charge on any atom is -0.343 e. The Balaban J connectivity index is 3.77. The molecule has 0 fully saturated rings. The molecule has 0 aromatic carbocycles. The lowest BCUT2D eigenvalue weighted by Crippen LogP contribution is -2.37. The maximum Gasteiger partial charge on any atom is 0.212 e. The molecule has 0 spiro atoms. The van der Waals surface area contributed by atoms with E-state index in [2.05, 4.69) is 33.1 Å². The van der Waals surface area contributed by atoms with Gasteiger partial charge in [-0.05, 0) is 19.6 Å². The van der Waals surface area contributed by atoms with E-state index in [0.717, 1.165) is 13.1 Å². The van der Waals surface area contributed by atoms with Crippen LogP contribution in [0.15, 0.2) is 12.7 Å². The zero-order valence-electron chi connectivity index (χ0n) is 8.05. The highest BCUT2D eigenvalue weighted by molar-refractivity contribution is 6.69. The zero-order valence-corrected chi connectivity index (χ0v) is 9.05. The molecule has 3 heteroatoms. The predicted octanol–water partition coefficient (Wildman–Crippen LogP) is 2.26. The summed E-state index contributed by atoms with van der Waals surface area (Å²) >= 11 is 0. The van der Waals surface area contributed by atoms with Crippen LogP contribution in [0.5, 0.6) is 0 Å². The Morgan fingerprint density at radius 1 is 1.45 bits per heavy atom. The van der Waals surface area contributed by atoms with Gasteiger partial charge in [0.15, 0.2) is 0 Å². The quantitative estimate of drug-likeness (QED) is 0.359. The molecule has 2 nitrogen and oxygen atoms in total. The van der Waals surface area contributed by atoms with Crippen molar-refractivity contribution in [3.8, 4) is 0 Å². The van der Waals surface area contributed by atoms with E-state index in [1.165, 1.54) is 0 Å². The Morgan fingerprint density at radius 2 is 2.00 bits per heavy atom. The van der Waals surface area contributed by atoms with Crippen LogP contribution in [-0.2, 0) is 4.53 Å². The highest BCUT2D eigenvalue weighted by Crippen LogP contribution is 2.05. The summed E-state index contributed by atoms with van der Waals surface area (Å²) in [7, 11) is -1.40. The van der Waals surface area contributed by atoms with Gasteiger partial charge in [-0.15, -0.1) is 6.58 Å². The van der Waals surface area contributed by atoms with Gasteiger partial charge in [0, 0.05) is 13.1 Å². The predicted molar refractivity (Wildman–Crippen MR) is 51.9 cm³/mol. The fourth-order valence-electron chi connectivity index (χ4n) is 0.762. The molecule has 0 rings (SSSR count). The molecule has 0 aliphatic rings. The van der Waals surface area contributed by atoms with Crippen LogP contribution in [0.1, 0.15) is 6.92 Å². The van der Waals surface area contributed by atoms with E-state index in [4.69, 9.17) is 4.53 Å². The van der Waals surface area contributed by atoms with Crippen molar-refractivity contribution in [2.45, 2.75) is 26.6 Å². The van der Waals surface area contributed by atoms with Crippen molar-refractivity contribution in [3.63, 3.8) is 0 Å². The number of nitrogens with zero attached hydrogens (tertiary/aromatic N) is 1. The molecule has 0 radical (unpaired) electrons. The fourth-order valence-corrected chi connectivity index (χ4v) is 1.74. The molecule has 0 heterocycles. The molecule has 11 heavy (non-hydrogen) atoms. The summed E-state index contributed by atoms with van der Waals surface area (Å²) in [4.78, 5) is 0. The summed E-state index contributed by atoms with van der Waals surface area (Å²) in [5.74, 6) is 0. The molecular formula is C8H19NOSi. The molecule has 0 saturated heterocycles. The maximum absolute atomic E-state index is 5.73. The lowest BCUT2D eigenvalue weighted by molar-refractivity contribution is -0.0520. The first-order chi connectivity index (χ1) is 4.99. The van der Waals surface area contributed by atoms with Crippen LogP contribution in [0.2, 0.25) is 19.6 Å². The van der Waals surface area contributed by atoms with E-state index in [0.29, 0.717) is 0 Å². The van der Waals surface area contributed by atoms with Gasteiger partial charge in [-0.25, -0.2) is 0 Å². The monoisotopic (exact) mass is 173 g/mol. The third-order valence-corrected chi connectivity index (χ3v) is 1.89. The van der Waals surface area contributed by atoms with E-state index in [-0.39, 0.29) is 0 Å². The normalized spacial score (nSPS) is 12.1. The van der Waals surface area contributed by atoms with Gasteiger partial charge in [-0.3, -0.25) is 0 Å². The molecule has 0 atom stereocenters. The Bertz CT molecular complexity index is 120. The van der Waals surface area contributed by atoms with E-state index in [1.807, 2.05) is 11.1 Å². The SMILES string of the molecule is C=CCN(CC)O[Si](C)(C)C. The third-order valence-electron chi connectivity index (χ3n) is 1.09. The van der Waals surface area contributed by atoms with Crippen LogP contribution in [0.25, 0.3) is 0 Å². The van der Waals surface area contributed by atoms with Gasteiger partial charge < -0.3 is 4.53 Å². The van der Waals surface area contributed by atoms with Crippen LogP contribution >= 0.6 is 0 Å². The standard InChI is InChI=1S/C8H19NOSi/c1-6-8-9(7-2)10-11(3,4)5/h6H,1,7-8H2,2-5H3. The highest BCUT2D eigenvalue weighted by atomic mass is 28.4. The van der Waals surface area contributed by atoms with Crippen LogP contribution < -0.4 is 0 Å². The van der Waals surface area contributed by atoms with Crippen molar-refractivity contribution in [2.75, 3.05) is 13.1 Å². The van der Waals surface area contributed by atoms with Gasteiger partial charge in [0.2, 0.25) is 8.32 Å². The van der Waals surface area contributed by atoms with Gasteiger partial charge in [-0.2, -0.15) is 5.06 Å². The number of rotatable bonds is 5. The molecule has 0 amide bonds. The summed E-state index contributed by atoms with van der Waals surface area (Å²) in [5.41, 5.74) is 0. The van der Waals surface area contributed by atoms with Crippen molar-refractivity contribution < 1.29 is 4.53 Å². The lowest BCUT2D eigenvalue weighted by atomic mass is 10.6. The van der Waals surface area contributed by atoms with Gasteiger partial charge >= 0.3 is 0 Å². The van der Waals surface area contributed by atoms with E-state index in [1.54, 1.807) is 0 Å². The Hall–Kier alpha value is -0.123. The topological polar surface area (TPSA) is 12.5 Å². The van der Waals surface area contributed by atoms with Crippen LogP contribution in [0.4, 0.5) is 0 Å². The summed E-state index contributed by atoms with van der Waals surface area (Å²) in [6.07, 6.45) is 1.86. The highest BCUT2D eigenvalue weighted by Gasteiger charge is 2.17. The molecule has 0 aromatic heterocycles. The van der Waals surface area contributed by atoms with Crippen molar-refractivity contribution in [1.82, 2.24) is 5.06 Å². The van der Waals surface area contributed by atoms with E-state index < -0.39 is 8.32 Å². The van der Waals surface area contributed by atoms with Crippen molar-refractivity contribution in [1.29, 1.82) is 0 Å². The van der Waals surface area contributed by atoms with Gasteiger partial charge in [0.1, 0.15) is 0 Å². The van der Waals surface area contributed by atoms with Gasteiger partial charge in [0.25, 0.3) is 0 Å². The largest absolute Gasteiger partial charge is 0.343 e. The number of hydrogen-bond donors (Lipinski definition) is 0. The Labute approximate surface area is 70.9 Å². The van der Waals surface area contributed by atoms with Gasteiger partial charge in [-0.1, -0.05) is 13.0 Å². The van der Waals surface area contributed by atoms with Crippen LogP contribution in [0, 0.1) is 0 Å². The first-order valence-electron chi connectivity index (χ1n) is 4.04. The molecular weight excluding hydrogens is 154 g/mol. The van der Waals surface area contributed by atoms with Crippen LogP contribution in [0.3, 0.4) is 0 Å². The summed E-state index contributed by atoms with van der Waals surface area (Å²) < 4.78 is 5.73. The molecule has 0 saturated carbocycles. The van der Waals surface area contributed by atoms with Crippen molar-refractivity contribution in [3.05, 3.63) is 12.7 Å². The smallest absolute Gasteiger partial charge is 0.212 e. The lowest BCUT2D eigenvalue weighted by Gasteiger charge is -2.26. The average molecular weight is 173 g/mol. The second kappa shape index (κ2) is 4.69. The first-order valence-corrected chi connectivity index (χ1v) is 7.45. The molecule has 66 valence electrons. The third kappa shape index (κ3) is 6.28.